The van der Waals surface area contributed by atoms with Gasteiger partial charge in [0.25, 0.3) is 0 Å². The van der Waals surface area contributed by atoms with Crippen molar-refractivity contribution in [3.63, 3.8) is 0 Å². The minimum atomic E-state index is 0.234. The van der Waals surface area contributed by atoms with Crippen molar-refractivity contribution in [3.8, 4) is 0 Å². The van der Waals surface area contributed by atoms with Crippen LogP contribution in [0.25, 0.3) is 16.6 Å². The summed E-state index contributed by atoms with van der Waals surface area (Å²) in [6, 6.07) is 2.09. The predicted molar refractivity (Wildman–Crippen MR) is 108 cm³/mol. The molecule has 6 nitrogen and oxygen atoms in total. The van der Waals surface area contributed by atoms with E-state index in [1.165, 1.54) is 50.2 Å². The van der Waals surface area contributed by atoms with E-state index in [-0.39, 0.29) is 5.54 Å². The highest BCUT2D eigenvalue weighted by molar-refractivity contribution is 6.18. The largest absolute Gasteiger partial charge is 0.369 e. The Labute approximate surface area is 153 Å². The molecule has 4 rings (SSSR count). The van der Waals surface area contributed by atoms with E-state index in [0.29, 0.717) is 0 Å². The van der Waals surface area contributed by atoms with Gasteiger partial charge in [-0.05, 0) is 44.4 Å². The quantitative estimate of drug-likeness (QED) is 0.637. The fraction of sp³-hybridized carbons (Fsp3) is 0.450. The minimum absolute atomic E-state index is 0.234. The Kier molecular flexibility index (Phi) is 4.59. The molecule has 1 spiro atoms. The van der Waals surface area contributed by atoms with Gasteiger partial charge in [-0.3, -0.25) is 0 Å². The Hall–Kier alpha value is -2.47. The van der Waals surface area contributed by atoms with E-state index in [2.05, 4.69) is 26.3 Å². The maximum Gasteiger partial charge on any atom is 0.139 e. The van der Waals surface area contributed by atoms with Crippen LogP contribution in [0, 0.1) is 10.8 Å². The number of fused-ring (bicyclic) bond motifs is 1. The lowest BCUT2D eigenvalue weighted by molar-refractivity contribution is 0.216. The van der Waals surface area contributed by atoms with Crippen LogP contribution < -0.4 is 10.2 Å². The molecule has 2 aromatic heterocycles. The van der Waals surface area contributed by atoms with Crippen molar-refractivity contribution in [2.75, 3.05) is 24.5 Å². The number of aromatic amines is 1. The fourth-order valence-corrected chi connectivity index (χ4v) is 4.55. The summed E-state index contributed by atoms with van der Waals surface area (Å²) in [6.07, 6.45) is 14.2. The standard InChI is InChI=1S/C20H26N6/c21-8-4-15(12-22)16-13-24-19-18(16)17(5-10-23-19)26-11-3-7-20(14-26)6-1-2-9-25-20/h4-5,8,10,12-13,21-22,25H,1-3,6-7,9,11,14H2,(H,23,24)/b15-4+,21-8?,22-12?/t20-/m1/s1. The van der Waals surface area contributed by atoms with Crippen LogP contribution in [0.2, 0.25) is 0 Å². The van der Waals surface area contributed by atoms with Crippen LogP contribution >= 0.6 is 0 Å². The van der Waals surface area contributed by atoms with Crippen LogP contribution in [-0.4, -0.2) is 47.6 Å². The van der Waals surface area contributed by atoms with Gasteiger partial charge in [-0.25, -0.2) is 4.98 Å². The van der Waals surface area contributed by atoms with Gasteiger partial charge in [0.15, 0.2) is 0 Å². The molecule has 4 N–H and O–H groups in total. The summed E-state index contributed by atoms with van der Waals surface area (Å²) in [5.74, 6) is 0. The Morgan fingerprint density at radius 3 is 2.88 bits per heavy atom. The first kappa shape index (κ1) is 17.0. The molecule has 2 aromatic rings. The molecule has 0 saturated carbocycles. The molecule has 2 aliphatic heterocycles. The van der Waals surface area contributed by atoms with Crippen molar-refractivity contribution in [3.05, 3.63) is 30.1 Å². The highest BCUT2D eigenvalue weighted by Gasteiger charge is 2.36. The van der Waals surface area contributed by atoms with Crippen molar-refractivity contribution >= 4 is 34.7 Å². The minimum Gasteiger partial charge on any atom is -0.369 e. The first-order chi connectivity index (χ1) is 12.8. The molecule has 1 atom stereocenters. The summed E-state index contributed by atoms with van der Waals surface area (Å²) in [7, 11) is 0. The molecule has 136 valence electrons. The molecule has 2 aliphatic rings. The summed E-state index contributed by atoms with van der Waals surface area (Å²) < 4.78 is 0. The van der Waals surface area contributed by atoms with Gasteiger partial charge in [0.2, 0.25) is 0 Å². The second-order valence-corrected chi connectivity index (χ2v) is 7.38. The maximum absolute atomic E-state index is 7.73. The van der Waals surface area contributed by atoms with E-state index >= 15 is 0 Å². The smallest absolute Gasteiger partial charge is 0.139 e. The maximum atomic E-state index is 7.73. The third kappa shape index (κ3) is 2.94. The predicted octanol–water partition coefficient (Wildman–Crippen LogP) is 3.36. The number of hydrogen-bond acceptors (Lipinski definition) is 5. The van der Waals surface area contributed by atoms with E-state index in [4.69, 9.17) is 10.8 Å². The monoisotopic (exact) mass is 350 g/mol. The van der Waals surface area contributed by atoms with Gasteiger partial charge in [-0.1, -0.05) is 6.42 Å². The number of pyridine rings is 1. The first-order valence-electron chi connectivity index (χ1n) is 9.44. The van der Waals surface area contributed by atoms with Crippen LogP contribution in [0.4, 0.5) is 5.69 Å². The number of allylic oxidation sites excluding steroid dienone is 2. The molecular weight excluding hydrogens is 324 g/mol. The fourth-order valence-electron chi connectivity index (χ4n) is 4.55. The Bertz CT molecular complexity index is 838. The summed E-state index contributed by atoms with van der Waals surface area (Å²) in [5, 5.41) is 20.0. The molecular formula is C20H26N6. The topological polar surface area (TPSA) is 91.6 Å². The Morgan fingerprint density at radius 2 is 2.12 bits per heavy atom. The zero-order valence-electron chi connectivity index (χ0n) is 15.0. The summed E-state index contributed by atoms with van der Waals surface area (Å²) in [5.41, 5.74) is 3.92. The van der Waals surface area contributed by atoms with Gasteiger partial charge in [0.05, 0.1) is 0 Å². The normalized spacial score (nSPS) is 24.2. The van der Waals surface area contributed by atoms with Crippen molar-refractivity contribution in [1.29, 1.82) is 10.8 Å². The highest BCUT2D eigenvalue weighted by atomic mass is 15.2. The zero-order valence-corrected chi connectivity index (χ0v) is 15.0. The molecule has 2 saturated heterocycles. The molecule has 0 aromatic carbocycles. The van der Waals surface area contributed by atoms with Gasteiger partial charge in [-0.15, -0.1) is 0 Å². The molecule has 0 amide bonds. The van der Waals surface area contributed by atoms with Gasteiger partial charge in [0.1, 0.15) is 5.65 Å². The molecule has 0 bridgehead atoms. The van der Waals surface area contributed by atoms with Gasteiger partial charge in [0, 0.05) is 65.7 Å². The summed E-state index contributed by atoms with van der Waals surface area (Å²) >= 11 is 0. The van der Waals surface area contributed by atoms with Crippen molar-refractivity contribution < 1.29 is 0 Å². The van der Waals surface area contributed by atoms with Crippen molar-refractivity contribution in [2.45, 2.75) is 37.6 Å². The van der Waals surface area contributed by atoms with E-state index in [1.807, 2.05) is 12.4 Å². The highest BCUT2D eigenvalue weighted by Crippen LogP contribution is 2.36. The van der Waals surface area contributed by atoms with E-state index in [1.54, 1.807) is 6.08 Å². The number of nitrogens with zero attached hydrogens (tertiary/aromatic N) is 2. The van der Waals surface area contributed by atoms with Crippen LogP contribution in [-0.2, 0) is 0 Å². The third-order valence-electron chi connectivity index (χ3n) is 5.78. The lowest BCUT2D eigenvalue weighted by atomic mass is 9.81. The van der Waals surface area contributed by atoms with Crippen molar-refractivity contribution in [1.82, 2.24) is 15.3 Å². The van der Waals surface area contributed by atoms with E-state index in [9.17, 15) is 0 Å². The van der Waals surface area contributed by atoms with Crippen LogP contribution in [0.5, 0.6) is 0 Å². The number of aromatic nitrogens is 2. The Morgan fingerprint density at radius 1 is 1.23 bits per heavy atom. The molecule has 0 aliphatic carbocycles. The van der Waals surface area contributed by atoms with E-state index in [0.717, 1.165) is 41.8 Å². The van der Waals surface area contributed by atoms with Crippen LogP contribution in [0.15, 0.2) is 24.5 Å². The molecule has 0 radical (unpaired) electrons. The summed E-state index contributed by atoms with van der Waals surface area (Å²) in [4.78, 5) is 10.2. The van der Waals surface area contributed by atoms with Gasteiger partial charge in [-0.2, -0.15) is 0 Å². The number of piperidine rings is 2. The third-order valence-corrected chi connectivity index (χ3v) is 5.78. The number of rotatable bonds is 4. The second kappa shape index (κ2) is 7.03. The first-order valence-corrected chi connectivity index (χ1v) is 9.44. The van der Waals surface area contributed by atoms with Gasteiger partial charge >= 0.3 is 0 Å². The van der Waals surface area contributed by atoms with Crippen LogP contribution in [0.1, 0.15) is 37.7 Å². The lowest BCUT2D eigenvalue weighted by Crippen LogP contribution is -2.59. The number of H-pyrrole nitrogens is 1. The van der Waals surface area contributed by atoms with Crippen LogP contribution in [0.3, 0.4) is 0 Å². The Balaban J connectivity index is 1.76. The molecule has 0 unspecified atom stereocenters. The molecule has 4 heterocycles. The average molecular weight is 350 g/mol. The molecule has 6 heteroatoms. The van der Waals surface area contributed by atoms with E-state index < -0.39 is 0 Å². The average Bonchev–Trinajstić information content (AvgIpc) is 3.11. The van der Waals surface area contributed by atoms with Crippen molar-refractivity contribution in [2.24, 2.45) is 0 Å². The summed E-state index contributed by atoms with van der Waals surface area (Å²) in [6.45, 7) is 3.18. The lowest BCUT2D eigenvalue weighted by Gasteiger charge is -2.47. The van der Waals surface area contributed by atoms with Gasteiger partial charge < -0.3 is 26.0 Å². The molecule has 26 heavy (non-hydrogen) atoms. The second-order valence-electron chi connectivity index (χ2n) is 7.38. The number of anilines is 1. The SMILES string of the molecule is N=C/C=C(\C=N)c1c[nH]c2nccc(N3CCC[C@]4(CCCCN4)C3)c12. The number of hydrogen-bond donors (Lipinski definition) is 4. The molecule has 2 fully saturated rings. The number of nitrogens with one attached hydrogen (secondary N) is 4. The zero-order chi connectivity index (χ0) is 18.0.